The van der Waals surface area contributed by atoms with E-state index in [-0.39, 0.29) is 12.0 Å². The predicted molar refractivity (Wildman–Crippen MR) is 72.8 cm³/mol. The van der Waals surface area contributed by atoms with E-state index in [4.69, 9.17) is 5.11 Å². The van der Waals surface area contributed by atoms with Crippen LogP contribution in [-0.2, 0) is 0 Å². The van der Waals surface area contributed by atoms with E-state index in [2.05, 4.69) is 15.3 Å². The minimum absolute atomic E-state index is 0.156. The van der Waals surface area contributed by atoms with E-state index >= 15 is 0 Å². The number of aliphatic hydroxyl groups is 1. The van der Waals surface area contributed by atoms with Gasteiger partial charge in [0, 0.05) is 18.9 Å². The summed E-state index contributed by atoms with van der Waals surface area (Å²) < 4.78 is 0. The molecule has 1 aromatic carbocycles. The molecule has 0 aliphatic heterocycles. The first-order valence-electron chi connectivity index (χ1n) is 6.34. The van der Waals surface area contributed by atoms with Crippen LogP contribution in [0.5, 0.6) is 0 Å². The molecule has 0 bridgehead atoms. The SMILES string of the molecule is CC(O)CCCNC(=O)c1cccc2nccnc12. The summed E-state index contributed by atoms with van der Waals surface area (Å²) in [5, 5.41) is 12.0. The number of aromatic nitrogens is 2. The molecular weight excluding hydrogens is 242 g/mol. The van der Waals surface area contributed by atoms with Crippen LogP contribution in [0.1, 0.15) is 30.1 Å². The lowest BCUT2D eigenvalue weighted by molar-refractivity contribution is 0.0951. The molecule has 100 valence electrons. The van der Waals surface area contributed by atoms with Gasteiger partial charge in [-0.05, 0) is 31.9 Å². The predicted octanol–water partition coefficient (Wildman–Crippen LogP) is 1.52. The Morgan fingerprint density at radius 3 is 2.95 bits per heavy atom. The summed E-state index contributed by atoms with van der Waals surface area (Å²) in [6, 6.07) is 5.36. The van der Waals surface area contributed by atoms with Crippen molar-refractivity contribution in [3.8, 4) is 0 Å². The standard InChI is InChI=1S/C14H17N3O2/c1-10(18)4-3-7-17-14(19)11-5-2-6-12-13(11)16-9-8-15-12/h2,5-6,8-10,18H,3-4,7H2,1H3,(H,17,19). The molecule has 0 spiro atoms. The van der Waals surface area contributed by atoms with Crippen LogP contribution in [-0.4, -0.2) is 33.6 Å². The molecule has 19 heavy (non-hydrogen) atoms. The molecular formula is C14H17N3O2. The van der Waals surface area contributed by atoms with Crippen molar-refractivity contribution in [3.05, 3.63) is 36.2 Å². The largest absolute Gasteiger partial charge is 0.393 e. The Balaban J connectivity index is 2.05. The zero-order valence-electron chi connectivity index (χ0n) is 10.8. The highest BCUT2D eigenvalue weighted by molar-refractivity contribution is 6.04. The average Bonchev–Trinajstić information content (AvgIpc) is 2.42. The van der Waals surface area contributed by atoms with Gasteiger partial charge >= 0.3 is 0 Å². The average molecular weight is 259 g/mol. The quantitative estimate of drug-likeness (QED) is 0.798. The fraction of sp³-hybridized carbons (Fsp3) is 0.357. The van der Waals surface area contributed by atoms with Gasteiger partial charge in [-0.15, -0.1) is 0 Å². The van der Waals surface area contributed by atoms with Crippen molar-refractivity contribution >= 4 is 16.9 Å². The van der Waals surface area contributed by atoms with Crippen LogP contribution in [0, 0.1) is 0 Å². The van der Waals surface area contributed by atoms with Crippen LogP contribution in [0.3, 0.4) is 0 Å². The number of hydrogen-bond acceptors (Lipinski definition) is 4. The van der Waals surface area contributed by atoms with Gasteiger partial charge in [0.05, 0.1) is 17.2 Å². The second-order valence-corrected chi connectivity index (χ2v) is 4.48. The molecule has 0 fully saturated rings. The second-order valence-electron chi connectivity index (χ2n) is 4.48. The smallest absolute Gasteiger partial charge is 0.253 e. The third-order valence-corrected chi connectivity index (χ3v) is 2.83. The van der Waals surface area contributed by atoms with E-state index in [1.165, 1.54) is 0 Å². The lowest BCUT2D eigenvalue weighted by atomic mass is 10.1. The summed E-state index contributed by atoms with van der Waals surface area (Å²) in [6.45, 7) is 2.28. The molecule has 5 nitrogen and oxygen atoms in total. The Morgan fingerprint density at radius 2 is 2.16 bits per heavy atom. The van der Waals surface area contributed by atoms with Gasteiger partial charge in [-0.25, -0.2) is 0 Å². The summed E-state index contributed by atoms with van der Waals surface area (Å²) in [4.78, 5) is 20.4. The van der Waals surface area contributed by atoms with E-state index in [1.807, 2.05) is 6.07 Å². The number of para-hydroxylation sites is 1. The summed E-state index contributed by atoms with van der Waals surface area (Å²) in [5.74, 6) is -0.156. The molecule has 0 saturated carbocycles. The van der Waals surface area contributed by atoms with Crippen LogP contribution in [0.4, 0.5) is 0 Å². The molecule has 1 atom stereocenters. The Bertz CT molecular complexity index is 564. The molecule has 0 radical (unpaired) electrons. The van der Waals surface area contributed by atoms with Crippen molar-refractivity contribution in [2.24, 2.45) is 0 Å². The van der Waals surface area contributed by atoms with E-state index < -0.39 is 0 Å². The van der Waals surface area contributed by atoms with E-state index in [0.29, 0.717) is 29.6 Å². The number of amides is 1. The summed E-state index contributed by atoms with van der Waals surface area (Å²) >= 11 is 0. The van der Waals surface area contributed by atoms with Crippen molar-refractivity contribution in [3.63, 3.8) is 0 Å². The van der Waals surface area contributed by atoms with Gasteiger partial charge in [0.1, 0.15) is 5.52 Å². The van der Waals surface area contributed by atoms with E-state index in [9.17, 15) is 4.79 Å². The van der Waals surface area contributed by atoms with Gasteiger partial charge < -0.3 is 10.4 Å². The number of carbonyl (C=O) groups is 1. The maximum Gasteiger partial charge on any atom is 0.253 e. The summed E-state index contributed by atoms with van der Waals surface area (Å²) in [6.07, 6.45) is 4.27. The maximum atomic E-state index is 12.1. The van der Waals surface area contributed by atoms with Crippen molar-refractivity contribution < 1.29 is 9.90 Å². The summed E-state index contributed by atoms with van der Waals surface area (Å²) in [5.41, 5.74) is 1.85. The molecule has 0 saturated heterocycles. The zero-order valence-corrected chi connectivity index (χ0v) is 10.8. The third kappa shape index (κ3) is 3.48. The molecule has 1 unspecified atom stereocenters. The topological polar surface area (TPSA) is 75.1 Å². The van der Waals surface area contributed by atoms with Crippen LogP contribution in [0.25, 0.3) is 11.0 Å². The first-order valence-corrected chi connectivity index (χ1v) is 6.34. The van der Waals surface area contributed by atoms with Crippen molar-refractivity contribution in [1.29, 1.82) is 0 Å². The van der Waals surface area contributed by atoms with Gasteiger partial charge in [0.25, 0.3) is 5.91 Å². The monoisotopic (exact) mass is 259 g/mol. The minimum atomic E-state index is -0.333. The fourth-order valence-corrected chi connectivity index (χ4v) is 1.87. The number of nitrogens with zero attached hydrogens (tertiary/aromatic N) is 2. The first-order chi connectivity index (χ1) is 9.18. The molecule has 2 rings (SSSR count). The Hall–Kier alpha value is -2.01. The second kappa shape index (κ2) is 6.24. The number of aliphatic hydroxyl groups excluding tert-OH is 1. The lowest BCUT2D eigenvalue weighted by Gasteiger charge is -2.07. The van der Waals surface area contributed by atoms with Crippen LogP contribution in [0.15, 0.2) is 30.6 Å². The molecule has 5 heteroatoms. The number of hydrogen-bond donors (Lipinski definition) is 2. The highest BCUT2D eigenvalue weighted by Crippen LogP contribution is 2.13. The number of nitrogens with one attached hydrogen (secondary N) is 1. The number of carbonyl (C=O) groups excluding carboxylic acids is 1. The molecule has 0 aliphatic rings. The zero-order chi connectivity index (χ0) is 13.7. The number of rotatable bonds is 5. The van der Waals surface area contributed by atoms with Crippen LogP contribution in [0.2, 0.25) is 0 Å². The highest BCUT2D eigenvalue weighted by atomic mass is 16.3. The highest BCUT2D eigenvalue weighted by Gasteiger charge is 2.10. The van der Waals surface area contributed by atoms with Crippen LogP contribution < -0.4 is 5.32 Å². The van der Waals surface area contributed by atoms with Gasteiger partial charge in [0.2, 0.25) is 0 Å². The minimum Gasteiger partial charge on any atom is -0.393 e. The van der Waals surface area contributed by atoms with Gasteiger partial charge in [-0.3, -0.25) is 14.8 Å². The molecule has 2 N–H and O–H groups in total. The third-order valence-electron chi connectivity index (χ3n) is 2.83. The molecule has 1 heterocycles. The van der Waals surface area contributed by atoms with Gasteiger partial charge in [0.15, 0.2) is 0 Å². The Labute approximate surface area is 111 Å². The molecule has 2 aromatic rings. The van der Waals surface area contributed by atoms with E-state index in [0.717, 1.165) is 6.42 Å². The summed E-state index contributed by atoms with van der Waals surface area (Å²) in [7, 11) is 0. The fourth-order valence-electron chi connectivity index (χ4n) is 1.87. The Kier molecular flexibility index (Phi) is 4.41. The van der Waals surface area contributed by atoms with Crippen molar-refractivity contribution in [2.45, 2.75) is 25.9 Å². The van der Waals surface area contributed by atoms with E-state index in [1.54, 1.807) is 31.5 Å². The Morgan fingerprint density at radius 1 is 1.37 bits per heavy atom. The lowest BCUT2D eigenvalue weighted by Crippen LogP contribution is -2.25. The molecule has 1 aromatic heterocycles. The van der Waals surface area contributed by atoms with Crippen molar-refractivity contribution in [2.75, 3.05) is 6.54 Å². The molecule has 0 aliphatic carbocycles. The van der Waals surface area contributed by atoms with Crippen LogP contribution >= 0.6 is 0 Å². The maximum absolute atomic E-state index is 12.1. The molecule has 1 amide bonds. The van der Waals surface area contributed by atoms with Gasteiger partial charge in [-0.1, -0.05) is 6.07 Å². The van der Waals surface area contributed by atoms with Crippen molar-refractivity contribution in [1.82, 2.24) is 15.3 Å². The normalized spacial score (nSPS) is 12.3. The number of fused-ring (bicyclic) bond motifs is 1. The van der Waals surface area contributed by atoms with Gasteiger partial charge in [-0.2, -0.15) is 0 Å². The number of benzene rings is 1. The first kappa shape index (κ1) is 13.4.